The van der Waals surface area contributed by atoms with E-state index in [1.54, 1.807) is 0 Å². The Morgan fingerprint density at radius 3 is 2.57 bits per heavy atom. The van der Waals surface area contributed by atoms with Crippen LogP contribution in [-0.2, 0) is 9.59 Å². The van der Waals surface area contributed by atoms with E-state index in [4.69, 9.17) is 5.73 Å². The Hall–Kier alpha value is -1.10. The van der Waals surface area contributed by atoms with Crippen molar-refractivity contribution in [2.24, 2.45) is 17.6 Å². The summed E-state index contributed by atoms with van der Waals surface area (Å²) >= 11 is 0. The molecule has 1 aliphatic carbocycles. The number of primary amides is 1. The predicted octanol–water partition coefficient (Wildman–Crippen LogP) is 1.27. The van der Waals surface area contributed by atoms with Crippen LogP contribution in [0.3, 0.4) is 0 Å². The van der Waals surface area contributed by atoms with Crippen molar-refractivity contribution in [2.45, 2.75) is 64.5 Å². The Balaban J connectivity index is 1.87. The fourth-order valence-electron chi connectivity index (χ4n) is 3.59. The maximum atomic E-state index is 12.5. The second-order valence-corrected chi connectivity index (χ2v) is 6.79. The SMILES string of the molecule is C[C@@H]1CCCC[C@@H]1NC(=O)[C@@H](C)N1CCC[C@H](C(N)=O)C1. The number of carbonyl (C=O) groups is 2. The molecule has 2 fully saturated rings. The van der Waals surface area contributed by atoms with Crippen LogP contribution >= 0.6 is 0 Å². The zero-order valence-electron chi connectivity index (χ0n) is 13.3. The molecule has 0 aromatic heterocycles. The highest BCUT2D eigenvalue weighted by Crippen LogP contribution is 2.24. The van der Waals surface area contributed by atoms with Crippen molar-refractivity contribution in [1.29, 1.82) is 0 Å². The lowest BCUT2D eigenvalue weighted by molar-refractivity contribution is -0.130. The molecule has 5 nitrogen and oxygen atoms in total. The van der Waals surface area contributed by atoms with Gasteiger partial charge in [0.1, 0.15) is 0 Å². The van der Waals surface area contributed by atoms with E-state index in [-0.39, 0.29) is 23.8 Å². The van der Waals surface area contributed by atoms with Crippen LogP contribution in [0, 0.1) is 11.8 Å². The molecule has 2 aliphatic rings. The fraction of sp³-hybridized carbons (Fsp3) is 0.875. The molecule has 2 amide bonds. The Morgan fingerprint density at radius 1 is 1.19 bits per heavy atom. The molecule has 4 atom stereocenters. The zero-order chi connectivity index (χ0) is 15.4. The van der Waals surface area contributed by atoms with Gasteiger partial charge < -0.3 is 11.1 Å². The highest BCUT2D eigenvalue weighted by molar-refractivity contribution is 5.82. The van der Waals surface area contributed by atoms with E-state index >= 15 is 0 Å². The lowest BCUT2D eigenvalue weighted by atomic mass is 9.86. The van der Waals surface area contributed by atoms with Gasteiger partial charge in [-0.1, -0.05) is 19.8 Å². The molecule has 21 heavy (non-hydrogen) atoms. The van der Waals surface area contributed by atoms with Gasteiger partial charge in [-0.25, -0.2) is 0 Å². The number of amides is 2. The number of rotatable bonds is 4. The Kier molecular flexibility index (Phi) is 5.62. The summed E-state index contributed by atoms with van der Waals surface area (Å²) in [6.07, 6.45) is 6.55. The van der Waals surface area contributed by atoms with Gasteiger partial charge in [-0.3, -0.25) is 14.5 Å². The number of nitrogens with two attached hydrogens (primary N) is 1. The normalized spacial score (nSPS) is 32.4. The molecule has 0 aromatic carbocycles. The molecule has 120 valence electrons. The van der Waals surface area contributed by atoms with Crippen LogP contribution in [0.25, 0.3) is 0 Å². The second kappa shape index (κ2) is 7.25. The highest BCUT2D eigenvalue weighted by atomic mass is 16.2. The van der Waals surface area contributed by atoms with Crippen molar-refractivity contribution < 1.29 is 9.59 Å². The summed E-state index contributed by atoms with van der Waals surface area (Å²) in [6.45, 7) is 5.65. The summed E-state index contributed by atoms with van der Waals surface area (Å²) < 4.78 is 0. The second-order valence-electron chi connectivity index (χ2n) is 6.79. The Morgan fingerprint density at radius 2 is 1.90 bits per heavy atom. The van der Waals surface area contributed by atoms with Crippen molar-refractivity contribution >= 4 is 11.8 Å². The number of carbonyl (C=O) groups excluding carboxylic acids is 2. The number of hydrogen-bond donors (Lipinski definition) is 2. The predicted molar refractivity (Wildman–Crippen MR) is 82.5 cm³/mol. The van der Waals surface area contributed by atoms with Gasteiger partial charge in [-0.05, 0) is 45.1 Å². The molecule has 0 aromatic rings. The minimum absolute atomic E-state index is 0.0962. The van der Waals surface area contributed by atoms with E-state index in [1.807, 2.05) is 6.92 Å². The summed E-state index contributed by atoms with van der Waals surface area (Å²) in [7, 11) is 0. The maximum absolute atomic E-state index is 12.5. The van der Waals surface area contributed by atoms with E-state index in [2.05, 4.69) is 17.1 Å². The summed E-state index contributed by atoms with van der Waals surface area (Å²) in [5.41, 5.74) is 5.41. The van der Waals surface area contributed by atoms with E-state index < -0.39 is 0 Å². The largest absolute Gasteiger partial charge is 0.369 e. The van der Waals surface area contributed by atoms with Crippen LogP contribution in [0.5, 0.6) is 0 Å². The topological polar surface area (TPSA) is 75.4 Å². The smallest absolute Gasteiger partial charge is 0.237 e. The van der Waals surface area contributed by atoms with Crippen molar-refractivity contribution in [2.75, 3.05) is 13.1 Å². The average Bonchev–Trinajstić information content (AvgIpc) is 2.49. The average molecular weight is 295 g/mol. The van der Waals surface area contributed by atoms with Gasteiger partial charge in [-0.15, -0.1) is 0 Å². The molecule has 5 heteroatoms. The van der Waals surface area contributed by atoms with E-state index in [0.717, 1.165) is 25.8 Å². The molecule has 0 unspecified atom stereocenters. The molecular formula is C16H29N3O2. The first-order valence-corrected chi connectivity index (χ1v) is 8.32. The first-order valence-electron chi connectivity index (χ1n) is 8.32. The summed E-state index contributed by atoms with van der Waals surface area (Å²) in [4.78, 5) is 25.9. The molecule has 2 rings (SSSR count). The monoisotopic (exact) mass is 295 g/mol. The summed E-state index contributed by atoms with van der Waals surface area (Å²) in [5, 5.41) is 3.21. The van der Waals surface area contributed by atoms with Gasteiger partial charge in [0.25, 0.3) is 0 Å². The van der Waals surface area contributed by atoms with Crippen LogP contribution in [0.15, 0.2) is 0 Å². The molecule has 1 saturated heterocycles. The minimum Gasteiger partial charge on any atom is -0.369 e. The lowest BCUT2D eigenvalue weighted by Gasteiger charge is -2.36. The maximum Gasteiger partial charge on any atom is 0.237 e. The number of nitrogens with one attached hydrogen (secondary N) is 1. The Bertz CT molecular complexity index is 386. The van der Waals surface area contributed by atoms with Crippen LogP contribution in [0.4, 0.5) is 0 Å². The molecule has 1 heterocycles. The van der Waals surface area contributed by atoms with Gasteiger partial charge in [0.15, 0.2) is 0 Å². The quantitative estimate of drug-likeness (QED) is 0.820. The van der Waals surface area contributed by atoms with Gasteiger partial charge in [0, 0.05) is 12.6 Å². The summed E-state index contributed by atoms with van der Waals surface area (Å²) in [5.74, 6) is 0.310. The molecule has 0 radical (unpaired) electrons. The fourth-order valence-corrected chi connectivity index (χ4v) is 3.59. The lowest BCUT2D eigenvalue weighted by Crippen LogP contribution is -2.53. The standard InChI is InChI=1S/C16H29N3O2/c1-11-6-3-4-8-14(11)18-16(21)12(2)19-9-5-7-13(10-19)15(17)20/h11-14H,3-10H2,1-2H3,(H2,17,20)(H,18,21)/t11-,12-,13+,14+/m1/s1. The first-order chi connectivity index (χ1) is 9.99. The van der Waals surface area contributed by atoms with Gasteiger partial charge in [0.05, 0.1) is 12.0 Å². The van der Waals surface area contributed by atoms with Crippen molar-refractivity contribution in [3.05, 3.63) is 0 Å². The molecule has 3 N–H and O–H groups in total. The third kappa shape index (κ3) is 4.19. The van der Waals surface area contributed by atoms with Gasteiger partial charge in [-0.2, -0.15) is 0 Å². The zero-order valence-corrected chi connectivity index (χ0v) is 13.3. The number of piperidine rings is 1. The van der Waals surface area contributed by atoms with Gasteiger partial charge >= 0.3 is 0 Å². The molecular weight excluding hydrogens is 266 g/mol. The number of hydrogen-bond acceptors (Lipinski definition) is 3. The van der Waals surface area contributed by atoms with Crippen LogP contribution < -0.4 is 11.1 Å². The van der Waals surface area contributed by atoms with Crippen LogP contribution in [-0.4, -0.2) is 41.9 Å². The minimum atomic E-state index is -0.242. The van der Waals surface area contributed by atoms with Crippen molar-refractivity contribution in [3.63, 3.8) is 0 Å². The molecule has 0 spiro atoms. The third-order valence-electron chi connectivity index (χ3n) is 5.22. The molecule has 1 aliphatic heterocycles. The highest BCUT2D eigenvalue weighted by Gasteiger charge is 2.31. The van der Waals surface area contributed by atoms with Crippen LogP contribution in [0.1, 0.15) is 52.4 Å². The van der Waals surface area contributed by atoms with Crippen molar-refractivity contribution in [1.82, 2.24) is 10.2 Å². The van der Waals surface area contributed by atoms with E-state index in [0.29, 0.717) is 18.5 Å². The van der Waals surface area contributed by atoms with E-state index in [1.165, 1.54) is 19.3 Å². The number of likely N-dealkylation sites (tertiary alicyclic amines) is 1. The van der Waals surface area contributed by atoms with Crippen molar-refractivity contribution in [3.8, 4) is 0 Å². The first kappa shape index (κ1) is 16.3. The summed E-state index contributed by atoms with van der Waals surface area (Å²) in [6, 6.07) is 0.131. The van der Waals surface area contributed by atoms with E-state index in [9.17, 15) is 9.59 Å². The van der Waals surface area contributed by atoms with Crippen LogP contribution in [0.2, 0.25) is 0 Å². The molecule has 0 bridgehead atoms. The third-order valence-corrected chi connectivity index (χ3v) is 5.22. The number of nitrogens with zero attached hydrogens (tertiary/aromatic N) is 1. The van der Waals surface area contributed by atoms with Gasteiger partial charge in [0.2, 0.25) is 11.8 Å². The Labute approximate surface area is 127 Å². The molecule has 1 saturated carbocycles.